The Kier molecular flexibility index (Phi) is 5.50. The fraction of sp³-hybridized carbons (Fsp3) is 0.667. The summed E-state index contributed by atoms with van der Waals surface area (Å²) < 4.78 is 0. The maximum atomic E-state index is 12.5. The summed E-state index contributed by atoms with van der Waals surface area (Å²) in [5.41, 5.74) is 0.641. The van der Waals surface area contributed by atoms with Crippen LogP contribution in [-0.2, 0) is 9.59 Å². The van der Waals surface area contributed by atoms with Gasteiger partial charge in [0, 0.05) is 51.0 Å². The summed E-state index contributed by atoms with van der Waals surface area (Å²) in [7, 11) is 0. The highest BCUT2D eigenvalue weighted by Gasteiger charge is 2.26. The summed E-state index contributed by atoms with van der Waals surface area (Å²) >= 11 is 0. The van der Waals surface area contributed by atoms with Crippen LogP contribution in [0.2, 0.25) is 0 Å². The van der Waals surface area contributed by atoms with Crippen LogP contribution in [0.3, 0.4) is 0 Å². The zero-order valence-corrected chi connectivity index (χ0v) is 14.8. The molecule has 1 N–H and O–H groups in total. The number of amides is 2. The summed E-state index contributed by atoms with van der Waals surface area (Å²) in [6.45, 7) is 4.66. The standard InChI is InChI=1S/C18H26N4O3/c1-13-19-15(11-16(23)20-13)14-5-2-10-22(12-14)18(25)7-4-9-21-8-3-6-17(21)24/h11,14H,2-10,12H2,1H3,(H,19,20,23)/t14-/m0/s1. The number of aromatic amines is 1. The molecule has 0 bridgehead atoms. The van der Waals surface area contributed by atoms with Gasteiger partial charge >= 0.3 is 0 Å². The average Bonchev–Trinajstić information content (AvgIpc) is 2.99. The molecule has 3 heterocycles. The van der Waals surface area contributed by atoms with Crippen LogP contribution >= 0.6 is 0 Å². The third-order valence-electron chi connectivity index (χ3n) is 5.06. The molecule has 2 saturated heterocycles. The van der Waals surface area contributed by atoms with Crippen LogP contribution in [0, 0.1) is 6.92 Å². The van der Waals surface area contributed by atoms with E-state index < -0.39 is 0 Å². The molecule has 0 spiro atoms. The molecule has 0 aliphatic carbocycles. The average molecular weight is 346 g/mol. The van der Waals surface area contributed by atoms with Crippen LogP contribution in [0.5, 0.6) is 0 Å². The first-order valence-corrected chi connectivity index (χ1v) is 9.16. The molecule has 3 rings (SSSR count). The van der Waals surface area contributed by atoms with Crippen molar-refractivity contribution in [3.8, 4) is 0 Å². The highest BCUT2D eigenvalue weighted by Crippen LogP contribution is 2.25. The molecule has 2 aliphatic rings. The number of hydrogen-bond acceptors (Lipinski definition) is 4. The van der Waals surface area contributed by atoms with Gasteiger partial charge in [-0.1, -0.05) is 0 Å². The summed E-state index contributed by atoms with van der Waals surface area (Å²) in [6, 6.07) is 1.55. The molecule has 2 fully saturated rings. The molecule has 1 atom stereocenters. The third kappa shape index (κ3) is 4.46. The summed E-state index contributed by atoms with van der Waals surface area (Å²) in [5, 5.41) is 0. The Morgan fingerprint density at radius 2 is 2.16 bits per heavy atom. The lowest BCUT2D eigenvalue weighted by Crippen LogP contribution is -2.40. The van der Waals surface area contributed by atoms with Gasteiger partial charge in [-0.15, -0.1) is 0 Å². The lowest BCUT2D eigenvalue weighted by molar-refractivity contribution is -0.133. The molecule has 0 radical (unpaired) electrons. The minimum Gasteiger partial charge on any atom is -0.343 e. The quantitative estimate of drug-likeness (QED) is 0.867. The van der Waals surface area contributed by atoms with Gasteiger partial charge in [0.05, 0.1) is 5.69 Å². The largest absolute Gasteiger partial charge is 0.343 e. The second kappa shape index (κ2) is 7.80. The van der Waals surface area contributed by atoms with E-state index >= 15 is 0 Å². The molecule has 136 valence electrons. The van der Waals surface area contributed by atoms with Crippen LogP contribution in [0.1, 0.15) is 56.0 Å². The van der Waals surface area contributed by atoms with Crippen molar-refractivity contribution >= 4 is 11.8 Å². The van der Waals surface area contributed by atoms with E-state index in [9.17, 15) is 14.4 Å². The number of nitrogens with one attached hydrogen (secondary N) is 1. The van der Waals surface area contributed by atoms with E-state index in [1.165, 1.54) is 0 Å². The van der Waals surface area contributed by atoms with Crippen molar-refractivity contribution in [3.63, 3.8) is 0 Å². The smallest absolute Gasteiger partial charge is 0.251 e. The van der Waals surface area contributed by atoms with Gasteiger partial charge in [-0.2, -0.15) is 0 Å². The molecule has 7 nitrogen and oxygen atoms in total. The molecule has 0 unspecified atom stereocenters. The Bertz CT molecular complexity index is 700. The minimum absolute atomic E-state index is 0.124. The number of aryl methyl sites for hydroxylation is 1. The number of likely N-dealkylation sites (tertiary alicyclic amines) is 2. The van der Waals surface area contributed by atoms with Gasteiger partial charge in [-0.3, -0.25) is 14.4 Å². The summed E-state index contributed by atoms with van der Waals surface area (Å²) in [6.07, 6.45) is 4.64. The van der Waals surface area contributed by atoms with Crippen molar-refractivity contribution in [3.05, 3.63) is 27.9 Å². The van der Waals surface area contributed by atoms with Crippen molar-refractivity contribution in [2.45, 2.75) is 51.4 Å². The first-order chi connectivity index (χ1) is 12.0. The number of carbonyl (C=O) groups excluding carboxylic acids is 2. The van der Waals surface area contributed by atoms with Gasteiger partial charge in [-0.05, 0) is 32.6 Å². The minimum atomic E-state index is -0.138. The molecule has 2 amide bonds. The Hall–Kier alpha value is -2.18. The molecule has 25 heavy (non-hydrogen) atoms. The Morgan fingerprint density at radius 1 is 1.32 bits per heavy atom. The van der Waals surface area contributed by atoms with Crippen LogP contribution < -0.4 is 5.56 Å². The van der Waals surface area contributed by atoms with E-state index in [2.05, 4.69) is 9.97 Å². The van der Waals surface area contributed by atoms with E-state index in [0.29, 0.717) is 38.2 Å². The number of nitrogens with zero attached hydrogens (tertiary/aromatic N) is 3. The molecule has 1 aromatic heterocycles. The molecular weight excluding hydrogens is 320 g/mol. The van der Waals surface area contributed by atoms with E-state index in [4.69, 9.17) is 0 Å². The zero-order valence-electron chi connectivity index (χ0n) is 14.8. The number of aromatic nitrogens is 2. The van der Waals surface area contributed by atoms with E-state index in [1.54, 1.807) is 13.0 Å². The van der Waals surface area contributed by atoms with Crippen LogP contribution in [0.4, 0.5) is 0 Å². The Morgan fingerprint density at radius 3 is 2.88 bits per heavy atom. The van der Waals surface area contributed by atoms with Crippen molar-refractivity contribution in [2.75, 3.05) is 26.2 Å². The zero-order chi connectivity index (χ0) is 17.8. The lowest BCUT2D eigenvalue weighted by Gasteiger charge is -2.32. The molecule has 0 aromatic carbocycles. The van der Waals surface area contributed by atoms with Crippen molar-refractivity contribution in [2.24, 2.45) is 0 Å². The highest BCUT2D eigenvalue weighted by molar-refractivity contribution is 5.78. The normalized spacial score (nSPS) is 21.0. The molecule has 1 aromatic rings. The van der Waals surface area contributed by atoms with Gasteiger partial charge in [-0.25, -0.2) is 4.98 Å². The molecule has 0 saturated carbocycles. The topological polar surface area (TPSA) is 86.4 Å². The number of H-pyrrole nitrogens is 1. The van der Waals surface area contributed by atoms with Crippen LogP contribution in [0.25, 0.3) is 0 Å². The van der Waals surface area contributed by atoms with Gasteiger partial charge in [0.1, 0.15) is 5.82 Å². The predicted molar refractivity (Wildman–Crippen MR) is 93.2 cm³/mol. The van der Waals surface area contributed by atoms with Gasteiger partial charge < -0.3 is 14.8 Å². The second-order valence-corrected chi connectivity index (χ2v) is 7.02. The first-order valence-electron chi connectivity index (χ1n) is 9.16. The molecule has 2 aliphatic heterocycles. The van der Waals surface area contributed by atoms with Crippen molar-refractivity contribution in [1.29, 1.82) is 0 Å². The summed E-state index contributed by atoms with van der Waals surface area (Å²) in [4.78, 5) is 46.6. The van der Waals surface area contributed by atoms with E-state index in [1.807, 2.05) is 9.80 Å². The fourth-order valence-electron chi connectivity index (χ4n) is 3.78. The van der Waals surface area contributed by atoms with Crippen molar-refractivity contribution < 1.29 is 9.59 Å². The Labute approximate surface area is 147 Å². The SMILES string of the molecule is Cc1nc([C@H]2CCCN(C(=O)CCCN3CCCC3=O)C2)cc(=O)[nH]1. The number of piperidine rings is 1. The van der Waals surface area contributed by atoms with E-state index in [0.717, 1.165) is 38.0 Å². The molecule has 7 heteroatoms. The van der Waals surface area contributed by atoms with Gasteiger partial charge in [0.15, 0.2) is 0 Å². The summed E-state index contributed by atoms with van der Waals surface area (Å²) in [5.74, 6) is 1.08. The van der Waals surface area contributed by atoms with Gasteiger partial charge in [0.25, 0.3) is 5.56 Å². The highest BCUT2D eigenvalue weighted by atomic mass is 16.2. The van der Waals surface area contributed by atoms with E-state index in [-0.39, 0.29) is 23.3 Å². The number of hydrogen-bond donors (Lipinski definition) is 1. The molecular formula is C18H26N4O3. The predicted octanol–water partition coefficient (Wildman–Crippen LogP) is 1.19. The lowest BCUT2D eigenvalue weighted by atomic mass is 9.94. The van der Waals surface area contributed by atoms with Crippen LogP contribution in [0.15, 0.2) is 10.9 Å². The number of rotatable bonds is 5. The fourth-order valence-corrected chi connectivity index (χ4v) is 3.78. The first kappa shape index (κ1) is 17.6. The van der Waals surface area contributed by atoms with Crippen molar-refractivity contribution in [1.82, 2.24) is 19.8 Å². The number of carbonyl (C=O) groups is 2. The van der Waals surface area contributed by atoms with Crippen LogP contribution in [-0.4, -0.2) is 57.8 Å². The third-order valence-corrected chi connectivity index (χ3v) is 5.06. The Balaban J connectivity index is 1.52. The monoisotopic (exact) mass is 346 g/mol. The second-order valence-electron chi connectivity index (χ2n) is 7.02. The maximum absolute atomic E-state index is 12.5. The van der Waals surface area contributed by atoms with Gasteiger partial charge in [0.2, 0.25) is 11.8 Å². The maximum Gasteiger partial charge on any atom is 0.251 e.